The van der Waals surface area contributed by atoms with Crippen LogP contribution in [0.3, 0.4) is 0 Å². The standard InChI is InChI=1S/C30H31ClN2O5/c1-7-37-24-12-9-22(10-13-24)33-20(5)28(30(35)38-8-2)25(29(33)34)16-21-15-18(3)32(19(21)4)23-11-14-27(36-6)26(31)17-23/h9-17H,7-8H2,1-6H3/b25-16-. The lowest BCUT2D eigenvalue weighted by molar-refractivity contribution is -0.138. The monoisotopic (exact) mass is 534 g/mol. The summed E-state index contributed by atoms with van der Waals surface area (Å²) in [5, 5.41) is 0.498. The van der Waals surface area contributed by atoms with Crippen LogP contribution in [0.25, 0.3) is 11.8 Å². The number of benzene rings is 2. The SMILES string of the molecule is CCOC(=O)C1=C(C)N(c2ccc(OCC)cc2)C(=O)/C1=C\c1cc(C)n(-c2ccc(OC)c(Cl)c2)c1C. The Morgan fingerprint density at radius 3 is 2.26 bits per heavy atom. The van der Waals surface area contributed by atoms with Crippen LogP contribution in [0.15, 0.2) is 65.4 Å². The minimum Gasteiger partial charge on any atom is -0.495 e. The van der Waals surface area contributed by atoms with Crippen LogP contribution in [0.2, 0.25) is 5.02 Å². The van der Waals surface area contributed by atoms with Crippen LogP contribution in [0.4, 0.5) is 5.69 Å². The van der Waals surface area contributed by atoms with Crippen molar-refractivity contribution in [1.29, 1.82) is 0 Å². The largest absolute Gasteiger partial charge is 0.495 e. The zero-order valence-electron chi connectivity index (χ0n) is 22.4. The summed E-state index contributed by atoms with van der Waals surface area (Å²) in [5.41, 5.74) is 5.19. The summed E-state index contributed by atoms with van der Waals surface area (Å²) in [5.74, 6) is 0.462. The molecule has 1 amide bonds. The number of carbonyl (C=O) groups excluding carboxylic acids is 2. The van der Waals surface area contributed by atoms with E-state index < -0.39 is 5.97 Å². The Labute approximate surface area is 227 Å². The molecule has 1 aliphatic heterocycles. The van der Waals surface area contributed by atoms with Gasteiger partial charge in [0, 0.05) is 28.5 Å². The van der Waals surface area contributed by atoms with E-state index in [1.807, 2.05) is 49.6 Å². The summed E-state index contributed by atoms with van der Waals surface area (Å²) < 4.78 is 18.2. The van der Waals surface area contributed by atoms with Crippen LogP contribution in [0.1, 0.15) is 37.7 Å². The van der Waals surface area contributed by atoms with Crippen molar-refractivity contribution in [3.05, 3.63) is 87.3 Å². The van der Waals surface area contributed by atoms with Gasteiger partial charge in [0.25, 0.3) is 5.91 Å². The van der Waals surface area contributed by atoms with Crippen molar-refractivity contribution in [3.63, 3.8) is 0 Å². The van der Waals surface area contributed by atoms with Gasteiger partial charge >= 0.3 is 5.97 Å². The number of rotatable bonds is 8. The number of carbonyl (C=O) groups is 2. The predicted molar refractivity (Wildman–Crippen MR) is 149 cm³/mol. The number of allylic oxidation sites excluding steroid dienone is 1. The molecule has 1 aromatic heterocycles. The van der Waals surface area contributed by atoms with Crippen molar-refractivity contribution in [2.24, 2.45) is 0 Å². The summed E-state index contributed by atoms with van der Waals surface area (Å²) in [4.78, 5) is 28.4. The van der Waals surface area contributed by atoms with E-state index in [1.54, 1.807) is 51.3 Å². The zero-order chi connectivity index (χ0) is 27.6. The second-order valence-corrected chi connectivity index (χ2v) is 9.19. The van der Waals surface area contributed by atoms with Crippen molar-refractivity contribution >= 4 is 35.2 Å². The molecule has 8 heteroatoms. The number of methoxy groups -OCH3 is 1. The van der Waals surface area contributed by atoms with Gasteiger partial charge in [-0.3, -0.25) is 9.69 Å². The van der Waals surface area contributed by atoms with Crippen LogP contribution < -0.4 is 14.4 Å². The average molecular weight is 535 g/mol. The van der Waals surface area contributed by atoms with E-state index in [4.69, 9.17) is 25.8 Å². The number of nitrogens with zero attached hydrogens (tertiary/aromatic N) is 2. The molecule has 0 saturated heterocycles. The Hall–Kier alpha value is -3.97. The van der Waals surface area contributed by atoms with Crippen LogP contribution in [-0.2, 0) is 14.3 Å². The molecular weight excluding hydrogens is 504 g/mol. The smallest absolute Gasteiger partial charge is 0.340 e. The molecule has 0 fully saturated rings. The topological polar surface area (TPSA) is 70.0 Å². The number of ether oxygens (including phenoxy) is 3. The maximum absolute atomic E-state index is 13.8. The highest BCUT2D eigenvalue weighted by Crippen LogP contribution is 2.37. The molecule has 0 bridgehead atoms. The molecule has 198 valence electrons. The fraction of sp³-hybridized carbons (Fsp3) is 0.267. The first kappa shape index (κ1) is 27.1. The van der Waals surface area contributed by atoms with Crippen molar-refractivity contribution in [3.8, 4) is 17.2 Å². The average Bonchev–Trinajstić information content (AvgIpc) is 3.30. The lowest BCUT2D eigenvalue weighted by Crippen LogP contribution is -2.24. The molecule has 38 heavy (non-hydrogen) atoms. The highest BCUT2D eigenvalue weighted by Gasteiger charge is 2.38. The van der Waals surface area contributed by atoms with Crippen molar-refractivity contribution in [2.45, 2.75) is 34.6 Å². The Morgan fingerprint density at radius 1 is 0.974 bits per heavy atom. The molecule has 7 nitrogen and oxygen atoms in total. The van der Waals surface area contributed by atoms with Gasteiger partial charge in [0.15, 0.2) is 0 Å². The molecule has 0 N–H and O–H groups in total. The second-order valence-electron chi connectivity index (χ2n) is 8.79. The van der Waals surface area contributed by atoms with Gasteiger partial charge in [-0.25, -0.2) is 4.79 Å². The third-order valence-corrected chi connectivity index (χ3v) is 6.74. The molecule has 2 aromatic carbocycles. The number of amides is 1. The summed E-state index contributed by atoms with van der Waals surface area (Å²) in [6, 6.07) is 14.8. The molecule has 0 spiro atoms. The second kappa shape index (κ2) is 11.2. The Kier molecular flexibility index (Phi) is 7.97. The highest BCUT2D eigenvalue weighted by atomic mass is 35.5. The Bertz CT molecular complexity index is 1450. The maximum atomic E-state index is 13.8. The lowest BCUT2D eigenvalue weighted by Gasteiger charge is -2.18. The fourth-order valence-corrected chi connectivity index (χ4v) is 4.98. The first-order valence-corrected chi connectivity index (χ1v) is 12.8. The van der Waals surface area contributed by atoms with Crippen LogP contribution in [-0.4, -0.2) is 36.8 Å². The molecule has 0 atom stereocenters. The molecular formula is C30H31ClN2O5. The molecule has 0 unspecified atom stereocenters. The van der Waals surface area contributed by atoms with Crippen molar-refractivity contribution < 1.29 is 23.8 Å². The fourth-order valence-electron chi connectivity index (χ4n) is 4.73. The van der Waals surface area contributed by atoms with Gasteiger partial charge in [0.05, 0.1) is 36.5 Å². The van der Waals surface area contributed by atoms with E-state index in [1.165, 1.54) is 4.90 Å². The van der Waals surface area contributed by atoms with E-state index in [2.05, 4.69) is 0 Å². The quantitative estimate of drug-likeness (QED) is 0.246. The summed E-state index contributed by atoms with van der Waals surface area (Å²) >= 11 is 6.38. The number of hydrogen-bond donors (Lipinski definition) is 0. The van der Waals surface area contributed by atoms with E-state index in [9.17, 15) is 9.59 Å². The highest BCUT2D eigenvalue weighted by molar-refractivity contribution is 6.32. The predicted octanol–water partition coefficient (Wildman–Crippen LogP) is 6.42. The summed E-state index contributed by atoms with van der Waals surface area (Å²) in [7, 11) is 1.57. The number of halogens is 1. The van der Waals surface area contributed by atoms with E-state index >= 15 is 0 Å². The van der Waals surface area contributed by atoms with E-state index in [0.717, 1.165) is 22.6 Å². The van der Waals surface area contributed by atoms with E-state index in [0.29, 0.717) is 34.5 Å². The molecule has 0 radical (unpaired) electrons. The number of esters is 1. The van der Waals surface area contributed by atoms with Gasteiger partial charge in [0.1, 0.15) is 11.5 Å². The minimum atomic E-state index is -0.534. The van der Waals surface area contributed by atoms with Gasteiger partial charge in [-0.05, 0) is 94.8 Å². The molecule has 0 aliphatic carbocycles. The van der Waals surface area contributed by atoms with Gasteiger partial charge in [-0.1, -0.05) is 11.6 Å². The number of aryl methyl sites for hydroxylation is 1. The van der Waals surface area contributed by atoms with Gasteiger partial charge in [0.2, 0.25) is 0 Å². The van der Waals surface area contributed by atoms with Gasteiger partial charge in [-0.15, -0.1) is 0 Å². The van der Waals surface area contributed by atoms with Crippen LogP contribution >= 0.6 is 11.6 Å². The third-order valence-electron chi connectivity index (χ3n) is 6.45. The number of aromatic nitrogens is 1. The minimum absolute atomic E-state index is 0.201. The lowest BCUT2D eigenvalue weighted by atomic mass is 10.0. The summed E-state index contributed by atoms with van der Waals surface area (Å²) in [6.07, 6.45) is 1.76. The van der Waals surface area contributed by atoms with Crippen LogP contribution in [0, 0.1) is 13.8 Å². The van der Waals surface area contributed by atoms with Crippen molar-refractivity contribution in [1.82, 2.24) is 4.57 Å². The Balaban J connectivity index is 1.80. The number of hydrogen-bond acceptors (Lipinski definition) is 5. The third kappa shape index (κ3) is 4.94. The summed E-state index contributed by atoms with van der Waals surface area (Å²) in [6.45, 7) is 10.1. The van der Waals surface area contributed by atoms with Gasteiger partial charge < -0.3 is 18.8 Å². The zero-order valence-corrected chi connectivity index (χ0v) is 23.2. The first-order chi connectivity index (χ1) is 18.2. The normalized spacial score (nSPS) is 14.4. The maximum Gasteiger partial charge on any atom is 0.340 e. The van der Waals surface area contributed by atoms with Crippen molar-refractivity contribution in [2.75, 3.05) is 25.2 Å². The number of anilines is 1. The molecule has 3 aromatic rings. The van der Waals surface area contributed by atoms with E-state index in [-0.39, 0.29) is 23.7 Å². The molecule has 1 aliphatic rings. The van der Waals surface area contributed by atoms with Gasteiger partial charge in [-0.2, -0.15) is 0 Å². The molecule has 0 saturated carbocycles. The Morgan fingerprint density at radius 2 is 1.66 bits per heavy atom. The van der Waals surface area contributed by atoms with Crippen LogP contribution in [0.5, 0.6) is 11.5 Å². The molecule has 4 rings (SSSR count). The first-order valence-electron chi connectivity index (χ1n) is 12.4. The molecule has 2 heterocycles.